The first-order chi connectivity index (χ1) is 6.89. The minimum Gasteiger partial charge on any atom is -0.369 e. The van der Waals surface area contributed by atoms with E-state index >= 15 is 0 Å². The predicted octanol–water partition coefficient (Wildman–Crippen LogP) is 1.84. The Balaban J connectivity index is 2.95. The van der Waals surface area contributed by atoms with Crippen LogP contribution in [0.2, 0.25) is 0 Å². The number of nitrogen functional groups attached to an aromatic ring is 1. The number of nitrogens with two attached hydrogens (primary N) is 1. The van der Waals surface area contributed by atoms with Crippen molar-refractivity contribution in [3.05, 3.63) is 16.6 Å². The number of fused-ring (bicyclic) bond motifs is 1. The van der Waals surface area contributed by atoms with Crippen LogP contribution >= 0.6 is 26.6 Å². The molecule has 0 atom stereocenters. The first kappa shape index (κ1) is 10.7. The molecule has 0 aliphatic carbocycles. The maximum absolute atomic E-state index is 11.2. The van der Waals surface area contributed by atoms with E-state index in [-0.39, 0.29) is 16.4 Å². The van der Waals surface area contributed by atoms with Gasteiger partial charge < -0.3 is 10.7 Å². The fourth-order valence-corrected chi connectivity index (χ4v) is 2.65. The minimum atomic E-state index is -3.82. The SMILES string of the molecule is Nc1nc2c(S(=O)(=O)Cl)ccc(Br)c2[nH]1. The molecule has 0 fully saturated rings. The molecule has 0 radical (unpaired) electrons. The minimum absolute atomic E-state index is 0.0599. The number of imidazole rings is 1. The molecule has 80 valence electrons. The van der Waals surface area contributed by atoms with Crippen LogP contribution in [-0.4, -0.2) is 18.4 Å². The molecule has 3 N–H and O–H groups in total. The summed E-state index contributed by atoms with van der Waals surface area (Å²) >= 11 is 3.25. The van der Waals surface area contributed by atoms with Crippen molar-refractivity contribution in [2.24, 2.45) is 0 Å². The van der Waals surface area contributed by atoms with E-state index in [1.165, 1.54) is 6.07 Å². The Labute approximate surface area is 98.2 Å². The average Bonchev–Trinajstić information content (AvgIpc) is 2.45. The Morgan fingerprint density at radius 1 is 1.47 bits per heavy atom. The van der Waals surface area contributed by atoms with Crippen LogP contribution in [0.4, 0.5) is 5.95 Å². The number of H-pyrrole nitrogens is 1. The Morgan fingerprint density at radius 2 is 2.13 bits per heavy atom. The zero-order valence-electron chi connectivity index (χ0n) is 7.16. The summed E-state index contributed by atoms with van der Waals surface area (Å²) < 4.78 is 23.1. The smallest absolute Gasteiger partial charge is 0.263 e. The van der Waals surface area contributed by atoms with Gasteiger partial charge in [-0.15, -0.1) is 0 Å². The van der Waals surface area contributed by atoms with Crippen LogP contribution in [0.5, 0.6) is 0 Å². The third-order valence-electron chi connectivity index (χ3n) is 1.84. The van der Waals surface area contributed by atoms with Crippen molar-refractivity contribution < 1.29 is 8.42 Å². The van der Waals surface area contributed by atoms with E-state index in [4.69, 9.17) is 16.4 Å². The highest BCUT2D eigenvalue weighted by Crippen LogP contribution is 2.29. The summed E-state index contributed by atoms with van der Waals surface area (Å²) in [7, 11) is 1.44. The van der Waals surface area contributed by atoms with Crippen molar-refractivity contribution in [2.45, 2.75) is 4.90 Å². The second kappa shape index (κ2) is 3.36. The first-order valence-corrected chi connectivity index (χ1v) is 6.88. The molecule has 0 saturated heterocycles. The lowest BCUT2D eigenvalue weighted by molar-refractivity contribution is 0.610. The zero-order chi connectivity index (χ0) is 11.2. The highest BCUT2D eigenvalue weighted by molar-refractivity contribution is 9.10. The number of halogens is 2. The van der Waals surface area contributed by atoms with Crippen molar-refractivity contribution in [3.63, 3.8) is 0 Å². The molecule has 1 aromatic heterocycles. The van der Waals surface area contributed by atoms with E-state index < -0.39 is 9.05 Å². The molecule has 5 nitrogen and oxygen atoms in total. The van der Waals surface area contributed by atoms with Gasteiger partial charge in [-0.3, -0.25) is 0 Å². The highest BCUT2D eigenvalue weighted by atomic mass is 79.9. The third-order valence-corrected chi connectivity index (χ3v) is 3.85. The molecular weight excluding hydrogens is 306 g/mol. The maximum atomic E-state index is 11.2. The quantitative estimate of drug-likeness (QED) is 0.787. The van der Waals surface area contributed by atoms with Crippen LogP contribution in [0.3, 0.4) is 0 Å². The van der Waals surface area contributed by atoms with Crippen molar-refractivity contribution in [3.8, 4) is 0 Å². The first-order valence-electron chi connectivity index (χ1n) is 3.78. The average molecular weight is 311 g/mol. The Kier molecular flexibility index (Phi) is 2.40. The number of aromatic amines is 1. The standard InChI is InChI=1S/C7H5BrClN3O2S/c8-3-1-2-4(15(9,13)14)6-5(3)11-7(10)12-6/h1-2H,(H3,10,11,12). The molecular formula is C7H5BrClN3O2S. The topological polar surface area (TPSA) is 88.8 Å². The fourth-order valence-electron chi connectivity index (χ4n) is 1.25. The van der Waals surface area contributed by atoms with Crippen LogP contribution in [0, 0.1) is 0 Å². The summed E-state index contributed by atoms with van der Waals surface area (Å²) in [4.78, 5) is 6.55. The van der Waals surface area contributed by atoms with E-state index in [9.17, 15) is 8.42 Å². The van der Waals surface area contributed by atoms with Gasteiger partial charge in [-0.1, -0.05) is 0 Å². The number of hydrogen-bond donors (Lipinski definition) is 2. The van der Waals surface area contributed by atoms with Gasteiger partial charge in [0.05, 0.1) is 5.52 Å². The van der Waals surface area contributed by atoms with Crippen molar-refractivity contribution in [1.29, 1.82) is 0 Å². The normalized spacial score (nSPS) is 12.1. The number of rotatable bonds is 1. The van der Waals surface area contributed by atoms with E-state index in [1.807, 2.05) is 0 Å². The van der Waals surface area contributed by atoms with Gasteiger partial charge in [-0.2, -0.15) is 0 Å². The van der Waals surface area contributed by atoms with Gasteiger partial charge in [0.2, 0.25) is 0 Å². The summed E-state index contributed by atoms with van der Waals surface area (Å²) in [6.45, 7) is 0. The lowest BCUT2D eigenvalue weighted by Crippen LogP contribution is -1.92. The lowest BCUT2D eigenvalue weighted by Gasteiger charge is -1.98. The van der Waals surface area contributed by atoms with Crippen LogP contribution in [0.1, 0.15) is 0 Å². The van der Waals surface area contributed by atoms with Crippen molar-refractivity contribution in [1.82, 2.24) is 9.97 Å². The summed E-state index contributed by atoms with van der Waals surface area (Å²) in [6, 6.07) is 2.93. The van der Waals surface area contributed by atoms with Gasteiger partial charge in [0.15, 0.2) is 5.95 Å². The number of hydrogen-bond acceptors (Lipinski definition) is 4. The maximum Gasteiger partial charge on any atom is 0.263 e. The van der Waals surface area contributed by atoms with Crippen molar-refractivity contribution in [2.75, 3.05) is 5.73 Å². The second-order valence-corrected chi connectivity index (χ2v) is 6.22. The Hall–Kier alpha value is -0.790. The van der Waals surface area contributed by atoms with Gasteiger partial charge in [-0.25, -0.2) is 13.4 Å². The molecule has 0 unspecified atom stereocenters. The third kappa shape index (κ3) is 1.82. The van der Waals surface area contributed by atoms with E-state index in [2.05, 4.69) is 25.9 Å². The zero-order valence-corrected chi connectivity index (χ0v) is 10.3. The Morgan fingerprint density at radius 3 is 2.73 bits per heavy atom. The Bertz CT molecular complexity index is 637. The molecule has 1 heterocycles. The molecule has 0 saturated carbocycles. The molecule has 0 spiro atoms. The second-order valence-electron chi connectivity index (χ2n) is 2.83. The van der Waals surface area contributed by atoms with Crippen molar-refractivity contribution >= 4 is 52.6 Å². The molecule has 0 bridgehead atoms. The molecule has 1 aromatic carbocycles. The van der Waals surface area contributed by atoms with Gasteiger partial charge >= 0.3 is 0 Å². The molecule has 0 amide bonds. The van der Waals surface area contributed by atoms with Crippen LogP contribution in [0.25, 0.3) is 11.0 Å². The van der Waals surface area contributed by atoms with Gasteiger partial charge in [0.1, 0.15) is 10.4 Å². The van der Waals surface area contributed by atoms with Gasteiger partial charge in [0, 0.05) is 15.2 Å². The van der Waals surface area contributed by atoms with Crippen LogP contribution in [-0.2, 0) is 9.05 Å². The molecule has 2 rings (SSSR count). The summed E-state index contributed by atoms with van der Waals surface area (Å²) in [5, 5.41) is 0. The fraction of sp³-hybridized carbons (Fsp3) is 0. The predicted molar refractivity (Wildman–Crippen MR) is 61.2 cm³/mol. The van der Waals surface area contributed by atoms with Gasteiger partial charge in [-0.05, 0) is 28.1 Å². The van der Waals surface area contributed by atoms with Gasteiger partial charge in [0.25, 0.3) is 9.05 Å². The van der Waals surface area contributed by atoms with Crippen LogP contribution < -0.4 is 5.73 Å². The molecule has 0 aliphatic rings. The molecule has 2 aromatic rings. The molecule has 0 aliphatic heterocycles. The number of aromatic nitrogens is 2. The van der Waals surface area contributed by atoms with Crippen LogP contribution in [0.15, 0.2) is 21.5 Å². The molecule has 15 heavy (non-hydrogen) atoms. The summed E-state index contributed by atoms with van der Waals surface area (Å²) in [6.07, 6.45) is 0. The lowest BCUT2D eigenvalue weighted by atomic mass is 10.3. The summed E-state index contributed by atoms with van der Waals surface area (Å²) in [5.74, 6) is 0.137. The highest BCUT2D eigenvalue weighted by Gasteiger charge is 2.18. The summed E-state index contributed by atoms with van der Waals surface area (Å²) in [5.41, 5.74) is 6.19. The van der Waals surface area contributed by atoms with E-state index in [0.717, 1.165) is 0 Å². The number of nitrogens with one attached hydrogen (secondary N) is 1. The van der Waals surface area contributed by atoms with E-state index in [1.54, 1.807) is 6.07 Å². The van der Waals surface area contributed by atoms with E-state index in [0.29, 0.717) is 9.99 Å². The number of nitrogens with zero attached hydrogens (tertiary/aromatic N) is 1. The largest absolute Gasteiger partial charge is 0.369 e. The molecule has 8 heteroatoms. The number of benzene rings is 1. The number of anilines is 1. The monoisotopic (exact) mass is 309 g/mol.